The fourth-order valence-corrected chi connectivity index (χ4v) is 6.93. The van der Waals surface area contributed by atoms with Gasteiger partial charge in [-0.3, -0.25) is 14.5 Å². The number of urea groups is 1. The lowest BCUT2D eigenvalue weighted by atomic mass is 9.72. The number of hydrogen-bond acceptors (Lipinski definition) is 8. The zero-order chi connectivity index (χ0) is 35.1. The molecule has 2 aliphatic rings. The number of benzene rings is 1. The van der Waals surface area contributed by atoms with E-state index in [-0.39, 0.29) is 46.2 Å². The summed E-state index contributed by atoms with van der Waals surface area (Å²) in [5, 5.41) is 14.8. The number of anilines is 1. The number of Topliss-reactive ketones (excluding diaryl/α,β-unsaturated/α-hetero) is 1. The quantitative estimate of drug-likeness (QED) is 0.178. The average molecular weight is 667 g/mol. The van der Waals surface area contributed by atoms with Crippen LogP contribution in [0.2, 0.25) is 0 Å². The maximum absolute atomic E-state index is 13.5. The zero-order valence-corrected chi connectivity index (χ0v) is 30.1. The highest BCUT2D eigenvalue weighted by molar-refractivity contribution is 5.94. The first kappa shape index (κ1) is 34.5. The molecular weight excluding hydrogens is 616 g/mol. The number of ketones is 1. The van der Waals surface area contributed by atoms with Crippen molar-refractivity contribution in [2.24, 2.45) is 0 Å². The summed E-state index contributed by atoms with van der Waals surface area (Å²) in [7, 11) is 4.17. The van der Waals surface area contributed by atoms with Gasteiger partial charge in [-0.1, -0.05) is 65.8 Å². The van der Waals surface area contributed by atoms with Crippen LogP contribution < -0.4 is 15.4 Å². The summed E-state index contributed by atoms with van der Waals surface area (Å²) in [5.74, 6) is 1.96. The van der Waals surface area contributed by atoms with E-state index < -0.39 is 0 Å². The van der Waals surface area contributed by atoms with E-state index in [0.717, 1.165) is 47.6 Å². The molecule has 2 N–H and O–H groups in total. The minimum absolute atomic E-state index is 0.0689. The zero-order valence-electron chi connectivity index (χ0n) is 30.1. The van der Waals surface area contributed by atoms with E-state index in [0.29, 0.717) is 30.8 Å². The monoisotopic (exact) mass is 666 g/mol. The Balaban J connectivity index is 1.16. The Morgan fingerprint density at radius 1 is 0.959 bits per heavy atom. The SMILES string of the molecule is CN(C)C1(CCC(=O)c2nc(NC(=O)N[C@H]3CC[C@@H](Oc4ccc5nnc(C(C)(C)C)n5c4)c4ccccc43)cc(C(C)(C)C)n2)CCC1. The second kappa shape index (κ2) is 13.2. The Kier molecular flexibility index (Phi) is 9.25. The molecule has 0 radical (unpaired) electrons. The van der Waals surface area contributed by atoms with E-state index in [4.69, 9.17) is 4.74 Å². The number of rotatable bonds is 9. The van der Waals surface area contributed by atoms with Crippen molar-refractivity contribution in [2.45, 2.75) is 115 Å². The summed E-state index contributed by atoms with van der Waals surface area (Å²) in [6.45, 7) is 12.4. The van der Waals surface area contributed by atoms with Crippen LogP contribution in [0, 0.1) is 0 Å². The Labute approximate surface area is 289 Å². The summed E-state index contributed by atoms with van der Waals surface area (Å²) in [6, 6.07) is 13.1. The van der Waals surface area contributed by atoms with Gasteiger partial charge in [0.15, 0.2) is 17.3 Å². The first-order chi connectivity index (χ1) is 23.1. The highest BCUT2D eigenvalue weighted by Crippen LogP contribution is 2.41. The van der Waals surface area contributed by atoms with Crippen molar-refractivity contribution >= 4 is 23.3 Å². The van der Waals surface area contributed by atoms with Crippen LogP contribution in [-0.4, -0.2) is 60.9 Å². The van der Waals surface area contributed by atoms with Crippen LogP contribution in [-0.2, 0) is 10.8 Å². The number of pyridine rings is 1. The average Bonchev–Trinajstić information content (AvgIpc) is 3.45. The molecule has 0 saturated heterocycles. The number of carbonyl (C=O) groups is 2. The number of aromatic nitrogens is 5. The first-order valence-corrected chi connectivity index (χ1v) is 17.4. The van der Waals surface area contributed by atoms with E-state index in [1.807, 2.05) is 61.7 Å². The van der Waals surface area contributed by atoms with Crippen molar-refractivity contribution in [3.63, 3.8) is 0 Å². The summed E-state index contributed by atoms with van der Waals surface area (Å²) < 4.78 is 8.56. The van der Waals surface area contributed by atoms with E-state index in [9.17, 15) is 9.59 Å². The van der Waals surface area contributed by atoms with Crippen molar-refractivity contribution in [3.8, 4) is 5.75 Å². The normalized spacial score (nSPS) is 18.9. The lowest BCUT2D eigenvalue weighted by molar-refractivity contribution is 0.0472. The topological polar surface area (TPSA) is 127 Å². The molecule has 1 aromatic carbocycles. The fourth-order valence-electron chi connectivity index (χ4n) is 6.93. The van der Waals surface area contributed by atoms with Gasteiger partial charge < -0.3 is 15.0 Å². The molecule has 0 bridgehead atoms. The third-order valence-corrected chi connectivity index (χ3v) is 10.1. The first-order valence-electron chi connectivity index (χ1n) is 17.4. The standard InChI is InChI=1S/C38H50N8O3/c1-36(2,3)30-22-31(41-33(40-30)28(47)18-21-38(45(7)8)19-11-20-38)42-35(48)39-27-15-16-29(26-13-10-9-12-25(26)27)49-24-14-17-32-43-44-34(37(4,5)6)46(32)23-24/h9-10,12-14,17,22-23,27,29H,11,15-16,18-21H2,1-8H3,(H2,39,40,41,42,48)/t27-,29+/m0/s1. The largest absolute Gasteiger partial charge is 0.484 e. The number of hydrogen-bond donors (Lipinski definition) is 2. The summed E-state index contributed by atoms with van der Waals surface area (Å²) in [4.78, 5) is 38.3. The highest BCUT2D eigenvalue weighted by atomic mass is 16.5. The number of amides is 2. The highest BCUT2D eigenvalue weighted by Gasteiger charge is 2.39. The van der Waals surface area contributed by atoms with E-state index in [1.165, 1.54) is 6.42 Å². The second-order valence-corrected chi connectivity index (χ2v) is 15.9. The molecule has 11 heteroatoms. The molecule has 2 amide bonds. The van der Waals surface area contributed by atoms with Crippen LogP contribution in [0.5, 0.6) is 5.75 Å². The Bertz CT molecular complexity index is 1850. The Hall–Kier alpha value is -4.38. The van der Waals surface area contributed by atoms with Gasteiger partial charge in [-0.25, -0.2) is 14.8 Å². The summed E-state index contributed by atoms with van der Waals surface area (Å²) in [6.07, 6.45) is 7.68. The molecule has 1 saturated carbocycles. The number of fused-ring (bicyclic) bond motifs is 2. The molecule has 49 heavy (non-hydrogen) atoms. The second-order valence-electron chi connectivity index (χ2n) is 15.9. The molecule has 0 unspecified atom stereocenters. The molecule has 3 aromatic heterocycles. The van der Waals surface area contributed by atoms with Crippen molar-refractivity contribution < 1.29 is 14.3 Å². The molecule has 0 aliphatic heterocycles. The third kappa shape index (κ3) is 7.32. The predicted octanol–water partition coefficient (Wildman–Crippen LogP) is 7.34. The van der Waals surface area contributed by atoms with E-state index in [2.05, 4.69) is 76.6 Å². The number of nitrogens with zero attached hydrogens (tertiary/aromatic N) is 6. The van der Waals surface area contributed by atoms with Crippen LogP contribution >= 0.6 is 0 Å². The van der Waals surface area contributed by atoms with Crippen molar-refractivity contribution in [1.82, 2.24) is 34.8 Å². The van der Waals surface area contributed by atoms with Crippen molar-refractivity contribution in [3.05, 3.63) is 77.1 Å². The van der Waals surface area contributed by atoms with Crippen LogP contribution in [0.4, 0.5) is 10.6 Å². The lowest BCUT2D eigenvalue weighted by Gasteiger charge is -2.47. The van der Waals surface area contributed by atoms with Crippen LogP contribution in [0.3, 0.4) is 0 Å². The Morgan fingerprint density at radius 2 is 1.69 bits per heavy atom. The maximum Gasteiger partial charge on any atom is 0.320 e. The van der Waals surface area contributed by atoms with Crippen LogP contribution in [0.25, 0.3) is 5.65 Å². The summed E-state index contributed by atoms with van der Waals surface area (Å²) in [5.41, 5.74) is 3.08. The molecule has 260 valence electrons. The lowest BCUT2D eigenvalue weighted by Crippen LogP contribution is -2.50. The van der Waals surface area contributed by atoms with Gasteiger partial charge in [-0.05, 0) is 75.9 Å². The van der Waals surface area contributed by atoms with Gasteiger partial charge in [0.2, 0.25) is 0 Å². The minimum atomic E-state index is -0.384. The molecule has 6 rings (SSSR count). The minimum Gasteiger partial charge on any atom is -0.484 e. The van der Waals surface area contributed by atoms with Crippen molar-refractivity contribution in [2.75, 3.05) is 19.4 Å². The van der Waals surface area contributed by atoms with Gasteiger partial charge in [0, 0.05) is 28.9 Å². The molecule has 4 aromatic rings. The van der Waals surface area contributed by atoms with Gasteiger partial charge in [0.05, 0.1) is 17.9 Å². The Morgan fingerprint density at radius 3 is 2.35 bits per heavy atom. The molecular formula is C38H50N8O3. The molecule has 2 atom stereocenters. The molecule has 1 fully saturated rings. The predicted molar refractivity (Wildman–Crippen MR) is 190 cm³/mol. The van der Waals surface area contributed by atoms with Crippen LogP contribution in [0.15, 0.2) is 48.7 Å². The molecule has 3 heterocycles. The van der Waals surface area contributed by atoms with Gasteiger partial charge in [-0.2, -0.15) is 0 Å². The molecule has 11 nitrogen and oxygen atoms in total. The van der Waals surface area contributed by atoms with E-state index >= 15 is 0 Å². The van der Waals surface area contributed by atoms with Crippen LogP contribution in [0.1, 0.15) is 132 Å². The molecule has 0 spiro atoms. The number of carbonyl (C=O) groups excluding carboxylic acids is 2. The molecule has 2 aliphatic carbocycles. The smallest absolute Gasteiger partial charge is 0.320 e. The number of nitrogens with one attached hydrogen (secondary N) is 2. The van der Waals surface area contributed by atoms with Gasteiger partial charge in [0.25, 0.3) is 0 Å². The van der Waals surface area contributed by atoms with Gasteiger partial charge in [-0.15, -0.1) is 10.2 Å². The summed E-state index contributed by atoms with van der Waals surface area (Å²) >= 11 is 0. The van der Waals surface area contributed by atoms with Gasteiger partial charge >= 0.3 is 6.03 Å². The fraction of sp³-hybridized carbons (Fsp3) is 0.526. The van der Waals surface area contributed by atoms with Gasteiger partial charge in [0.1, 0.15) is 23.5 Å². The third-order valence-electron chi connectivity index (χ3n) is 10.1. The van der Waals surface area contributed by atoms with Crippen molar-refractivity contribution in [1.29, 1.82) is 0 Å². The van der Waals surface area contributed by atoms with E-state index in [1.54, 1.807) is 6.07 Å². The number of ether oxygens (including phenoxy) is 1. The maximum atomic E-state index is 13.5.